The van der Waals surface area contributed by atoms with Crippen molar-refractivity contribution in [2.45, 2.75) is 12.8 Å². The van der Waals surface area contributed by atoms with Crippen LogP contribution in [0, 0.1) is 11.7 Å². The number of carbonyl (C=O) groups excluding carboxylic acids is 1. The highest BCUT2D eigenvalue weighted by Gasteiger charge is 2.27. The number of ether oxygens (including phenoxy) is 2. The van der Waals surface area contributed by atoms with Crippen LogP contribution in [-0.4, -0.2) is 43.2 Å². The zero-order chi connectivity index (χ0) is 16.4. The van der Waals surface area contributed by atoms with Crippen LogP contribution in [0.2, 0.25) is 0 Å². The Morgan fingerprint density at radius 2 is 2.00 bits per heavy atom. The standard InChI is InChI=1S/C16H18FN3O3/c1-22-14-7-11-13(8-12(14)17)18-9-19-15(11)20-5-3-10(4-6-20)16(21)23-2/h7-10H,3-6H2,1-2H3. The van der Waals surface area contributed by atoms with E-state index in [4.69, 9.17) is 9.47 Å². The summed E-state index contributed by atoms with van der Waals surface area (Å²) in [6, 6.07) is 2.97. The largest absolute Gasteiger partial charge is 0.494 e. The fourth-order valence-electron chi connectivity index (χ4n) is 2.95. The molecule has 2 heterocycles. The maximum atomic E-state index is 13.8. The second-order valence-corrected chi connectivity index (χ2v) is 5.49. The van der Waals surface area contributed by atoms with E-state index in [2.05, 4.69) is 14.9 Å². The molecule has 0 saturated carbocycles. The summed E-state index contributed by atoms with van der Waals surface area (Å²) in [6.45, 7) is 1.37. The Labute approximate surface area is 133 Å². The topological polar surface area (TPSA) is 64.5 Å². The molecule has 7 heteroatoms. The van der Waals surface area contributed by atoms with Crippen molar-refractivity contribution < 1.29 is 18.7 Å². The van der Waals surface area contributed by atoms with Crippen molar-refractivity contribution in [3.8, 4) is 5.75 Å². The van der Waals surface area contributed by atoms with Crippen LogP contribution < -0.4 is 9.64 Å². The van der Waals surface area contributed by atoms with Gasteiger partial charge in [-0.25, -0.2) is 14.4 Å². The third kappa shape index (κ3) is 2.91. The summed E-state index contributed by atoms with van der Waals surface area (Å²) in [6.07, 6.45) is 2.84. The summed E-state index contributed by atoms with van der Waals surface area (Å²) in [5, 5.41) is 0.738. The highest BCUT2D eigenvalue weighted by molar-refractivity contribution is 5.90. The molecular weight excluding hydrogens is 301 g/mol. The number of hydrogen-bond acceptors (Lipinski definition) is 6. The maximum Gasteiger partial charge on any atom is 0.308 e. The third-order valence-corrected chi connectivity index (χ3v) is 4.22. The lowest BCUT2D eigenvalue weighted by atomic mass is 9.97. The molecule has 6 nitrogen and oxygen atoms in total. The number of halogens is 1. The Morgan fingerprint density at radius 3 is 2.65 bits per heavy atom. The lowest BCUT2D eigenvalue weighted by Crippen LogP contribution is -2.37. The minimum absolute atomic E-state index is 0.0728. The van der Waals surface area contributed by atoms with Gasteiger partial charge < -0.3 is 14.4 Å². The van der Waals surface area contributed by atoms with Gasteiger partial charge in [0.05, 0.1) is 25.7 Å². The Balaban J connectivity index is 1.90. The van der Waals surface area contributed by atoms with Crippen LogP contribution in [0.4, 0.5) is 10.2 Å². The van der Waals surface area contributed by atoms with Crippen molar-refractivity contribution in [3.63, 3.8) is 0 Å². The van der Waals surface area contributed by atoms with Crippen molar-refractivity contribution in [3.05, 3.63) is 24.3 Å². The van der Waals surface area contributed by atoms with Gasteiger partial charge in [-0.15, -0.1) is 0 Å². The van der Waals surface area contributed by atoms with E-state index in [0.29, 0.717) is 31.4 Å². The molecule has 1 aromatic carbocycles. The van der Waals surface area contributed by atoms with Gasteiger partial charge in [-0.3, -0.25) is 4.79 Å². The van der Waals surface area contributed by atoms with Gasteiger partial charge in [0.25, 0.3) is 0 Å². The molecule has 0 unspecified atom stereocenters. The van der Waals surface area contributed by atoms with Gasteiger partial charge in [0.2, 0.25) is 0 Å². The molecule has 23 heavy (non-hydrogen) atoms. The van der Waals surface area contributed by atoms with Gasteiger partial charge in [-0.2, -0.15) is 0 Å². The lowest BCUT2D eigenvalue weighted by Gasteiger charge is -2.32. The zero-order valence-corrected chi connectivity index (χ0v) is 13.1. The summed E-state index contributed by atoms with van der Waals surface area (Å²) < 4.78 is 23.7. The molecule has 122 valence electrons. The van der Waals surface area contributed by atoms with Crippen molar-refractivity contribution in [2.75, 3.05) is 32.2 Å². The monoisotopic (exact) mass is 319 g/mol. The Bertz CT molecular complexity index is 730. The van der Waals surface area contributed by atoms with Gasteiger partial charge >= 0.3 is 5.97 Å². The van der Waals surface area contributed by atoms with E-state index in [0.717, 1.165) is 11.2 Å². The number of rotatable bonds is 3. The first kappa shape index (κ1) is 15.5. The van der Waals surface area contributed by atoms with Crippen LogP contribution >= 0.6 is 0 Å². The zero-order valence-electron chi connectivity index (χ0n) is 13.1. The number of hydrogen-bond donors (Lipinski definition) is 0. The van der Waals surface area contributed by atoms with Crippen molar-refractivity contribution in [1.82, 2.24) is 9.97 Å². The first-order chi connectivity index (χ1) is 11.1. The molecular formula is C16H18FN3O3. The Kier molecular flexibility index (Phi) is 4.27. The molecule has 0 spiro atoms. The first-order valence-electron chi connectivity index (χ1n) is 7.45. The molecule has 2 aromatic rings. The van der Waals surface area contributed by atoms with E-state index in [1.807, 2.05) is 0 Å². The van der Waals surface area contributed by atoms with E-state index in [-0.39, 0.29) is 17.6 Å². The van der Waals surface area contributed by atoms with Crippen LogP contribution in [0.1, 0.15) is 12.8 Å². The molecule has 0 amide bonds. The molecule has 0 radical (unpaired) electrons. The number of esters is 1. The normalized spacial score (nSPS) is 15.7. The van der Waals surface area contributed by atoms with E-state index in [9.17, 15) is 9.18 Å². The fraction of sp³-hybridized carbons (Fsp3) is 0.438. The molecule has 1 aliphatic heterocycles. The summed E-state index contributed by atoms with van der Waals surface area (Å²) in [4.78, 5) is 22.2. The van der Waals surface area contributed by atoms with Gasteiger partial charge in [0, 0.05) is 24.5 Å². The number of benzene rings is 1. The number of carbonyl (C=O) groups is 1. The summed E-state index contributed by atoms with van der Waals surface area (Å²) in [7, 11) is 2.84. The molecule has 3 rings (SSSR count). The highest BCUT2D eigenvalue weighted by Crippen LogP contribution is 2.31. The molecule has 0 bridgehead atoms. The van der Waals surface area contributed by atoms with Gasteiger partial charge in [0.1, 0.15) is 12.1 Å². The quantitative estimate of drug-likeness (QED) is 0.808. The number of methoxy groups -OCH3 is 2. The highest BCUT2D eigenvalue weighted by atomic mass is 19.1. The molecule has 0 aliphatic carbocycles. The molecule has 0 N–H and O–H groups in total. The third-order valence-electron chi connectivity index (χ3n) is 4.22. The van der Waals surface area contributed by atoms with Crippen LogP contribution in [0.15, 0.2) is 18.5 Å². The number of anilines is 1. The lowest BCUT2D eigenvalue weighted by molar-refractivity contribution is -0.146. The summed E-state index contributed by atoms with van der Waals surface area (Å²) in [5.41, 5.74) is 0.531. The minimum Gasteiger partial charge on any atom is -0.494 e. The SMILES string of the molecule is COC(=O)C1CCN(c2ncnc3cc(F)c(OC)cc23)CC1. The number of fused-ring (bicyclic) bond motifs is 1. The molecule has 0 atom stereocenters. The minimum atomic E-state index is -0.450. The predicted octanol–water partition coefficient (Wildman–Crippen LogP) is 2.17. The number of aromatic nitrogens is 2. The van der Waals surface area contributed by atoms with Gasteiger partial charge in [-0.1, -0.05) is 0 Å². The van der Waals surface area contributed by atoms with Crippen LogP contribution in [0.5, 0.6) is 5.75 Å². The van der Waals surface area contributed by atoms with Gasteiger partial charge in [0.15, 0.2) is 11.6 Å². The average molecular weight is 319 g/mol. The molecule has 1 fully saturated rings. The van der Waals surface area contributed by atoms with Gasteiger partial charge in [-0.05, 0) is 18.9 Å². The van der Waals surface area contributed by atoms with Crippen molar-refractivity contribution >= 4 is 22.7 Å². The smallest absolute Gasteiger partial charge is 0.308 e. The molecule has 1 aliphatic rings. The Morgan fingerprint density at radius 1 is 1.26 bits per heavy atom. The van der Waals surface area contributed by atoms with Crippen molar-refractivity contribution in [1.29, 1.82) is 0 Å². The number of nitrogens with zero attached hydrogens (tertiary/aromatic N) is 3. The summed E-state index contributed by atoms with van der Waals surface area (Å²) >= 11 is 0. The van der Waals surface area contributed by atoms with Crippen LogP contribution in [0.25, 0.3) is 10.9 Å². The maximum absolute atomic E-state index is 13.8. The molecule has 1 saturated heterocycles. The van der Waals surface area contributed by atoms with E-state index in [1.54, 1.807) is 6.07 Å². The number of piperidine rings is 1. The molecule has 1 aromatic heterocycles. The summed E-state index contributed by atoms with van der Waals surface area (Å²) in [5.74, 6) is 0.209. The predicted molar refractivity (Wildman–Crippen MR) is 83.0 cm³/mol. The van der Waals surface area contributed by atoms with Crippen LogP contribution in [-0.2, 0) is 9.53 Å². The van der Waals surface area contributed by atoms with E-state index in [1.165, 1.54) is 26.6 Å². The van der Waals surface area contributed by atoms with Crippen LogP contribution in [0.3, 0.4) is 0 Å². The first-order valence-corrected chi connectivity index (χ1v) is 7.45. The fourth-order valence-corrected chi connectivity index (χ4v) is 2.95. The second-order valence-electron chi connectivity index (χ2n) is 5.49. The van der Waals surface area contributed by atoms with E-state index < -0.39 is 5.82 Å². The van der Waals surface area contributed by atoms with E-state index >= 15 is 0 Å². The average Bonchev–Trinajstić information content (AvgIpc) is 2.60. The second kappa shape index (κ2) is 6.36. The Hall–Kier alpha value is -2.44. The van der Waals surface area contributed by atoms with Crippen molar-refractivity contribution in [2.24, 2.45) is 5.92 Å².